The summed E-state index contributed by atoms with van der Waals surface area (Å²) >= 11 is 6.10. The molecule has 23 heavy (non-hydrogen) atoms. The average molecular weight is 336 g/mol. The first-order valence-electron chi connectivity index (χ1n) is 7.99. The number of rotatable bonds is 3. The number of nitrogens with zero attached hydrogens (tertiary/aromatic N) is 3. The lowest BCUT2D eigenvalue weighted by molar-refractivity contribution is -0.130. The molecule has 2 aliphatic rings. The second kappa shape index (κ2) is 6.86. The van der Waals surface area contributed by atoms with Crippen LogP contribution in [-0.4, -0.2) is 41.4 Å². The van der Waals surface area contributed by atoms with E-state index in [-0.39, 0.29) is 22.5 Å². The minimum Gasteiger partial charge on any atom is -0.340 e. The predicted octanol–water partition coefficient (Wildman–Crippen LogP) is 3.13. The maximum atomic E-state index is 14.1. The maximum Gasteiger partial charge on any atom is 0.222 e. The van der Waals surface area contributed by atoms with Crippen LogP contribution in [0.1, 0.15) is 37.3 Å². The smallest absolute Gasteiger partial charge is 0.222 e. The Morgan fingerprint density at radius 1 is 1.30 bits per heavy atom. The molecule has 1 aromatic rings. The SMILES string of the molecule is N#CC(c1c(F)cccc1Cl)N1CCC(N2CCCC2=O)CC1. The van der Waals surface area contributed by atoms with Gasteiger partial charge in [0.05, 0.1) is 6.07 Å². The van der Waals surface area contributed by atoms with Crippen LogP contribution >= 0.6 is 11.6 Å². The zero-order chi connectivity index (χ0) is 16.4. The number of benzene rings is 1. The third-order valence-corrected chi connectivity index (χ3v) is 5.14. The number of amides is 1. The molecule has 0 radical (unpaired) electrons. The van der Waals surface area contributed by atoms with Crippen molar-refractivity contribution in [3.8, 4) is 6.07 Å². The van der Waals surface area contributed by atoms with Gasteiger partial charge < -0.3 is 4.90 Å². The molecule has 0 bridgehead atoms. The van der Waals surface area contributed by atoms with Gasteiger partial charge in [-0.25, -0.2) is 4.39 Å². The van der Waals surface area contributed by atoms with Gasteiger partial charge in [-0.15, -0.1) is 0 Å². The Kier molecular flexibility index (Phi) is 4.84. The first-order chi connectivity index (χ1) is 11.1. The Hall–Kier alpha value is -1.64. The van der Waals surface area contributed by atoms with Gasteiger partial charge in [-0.1, -0.05) is 17.7 Å². The van der Waals surface area contributed by atoms with Crippen LogP contribution in [0, 0.1) is 17.1 Å². The van der Waals surface area contributed by atoms with Gasteiger partial charge in [0.25, 0.3) is 0 Å². The van der Waals surface area contributed by atoms with Crippen LogP contribution in [0.5, 0.6) is 0 Å². The molecule has 1 atom stereocenters. The van der Waals surface area contributed by atoms with Crippen LogP contribution in [0.2, 0.25) is 5.02 Å². The Bertz CT molecular complexity index is 617. The number of piperidine rings is 1. The van der Waals surface area contributed by atoms with Crippen molar-refractivity contribution in [3.05, 3.63) is 34.6 Å². The number of nitriles is 1. The van der Waals surface area contributed by atoms with Crippen molar-refractivity contribution in [3.63, 3.8) is 0 Å². The summed E-state index contributed by atoms with van der Waals surface area (Å²) < 4.78 is 14.1. The molecular weight excluding hydrogens is 317 g/mol. The molecule has 0 saturated carbocycles. The molecule has 2 fully saturated rings. The van der Waals surface area contributed by atoms with E-state index < -0.39 is 11.9 Å². The largest absolute Gasteiger partial charge is 0.340 e. The van der Waals surface area contributed by atoms with Crippen LogP contribution in [0.4, 0.5) is 4.39 Å². The van der Waals surface area contributed by atoms with Gasteiger partial charge in [-0.2, -0.15) is 5.26 Å². The van der Waals surface area contributed by atoms with E-state index in [2.05, 4.69) is 6.07 Å². The number of likely N-dealkylation sites (tertiary alicyclic amines) is 2. The van der Waals surface area contributed by atoms with Crippen LogP contribution in [0.25, 0.3) is 0 Å². The predicted molar refractivity (Wildman–Crippen MR) is 85.3 cm³/mol. The molecule has 4 nitrogen and oxygen atoms in total. The van der Waals surface area contributed by atoms with Gasteiger partial charge in [0.2, 0.25) is 5.91 Å². The van der Waals surface area contributed by atoms with Gasteiger partial charge in [0, 0.05) is 42.7 Å². The van der Waals surface area contributed by atoms with Gasteiger partial charge in [0.1, 0.15) is 11.9 Å². The van der Waals surface area contributed by atoms with E-state index in [1.807, 2.05) is 9.80 Å². The first kappa shape index (κ1) is 16.2. The normalized spacial score (nSPS) is 21.4. The molecule has 0 aliphatic carbocycles. The molecule has 3 rings (SSSR count). The standard InChI is InChI=1S/C17H19ClFN3O/c18-13-3-1-4-14(19)17(13)15(11-20)21-9-6-12(7-10-21)22-8-2-5-16(22)23/h1,3-4,12,15H,2,5-10H2. The fourth-order valence-electron chi connectivity index (χ4n) is 3.61. The molecule has 2 heterocycles. The zero-order valence-corrected chi connectivity index (χ0v) is 13.6. The van der Waals surface area contributed by atoms with Crippen LogP contribution in [0.15, 0.2) is 18.2 Å². The maximum absolute atomic E-state index is 14.1. The van der Waals surface area contributed by atoms with Gasteiger partial charge in [0.15, 0.2) is 0 Å². The third-order valence-electron chi connectivity index (χ3n) is 4.81. The molecule has 2 saturated heterocycles. The number of carbonyl (C=O) groups excluding carboxylic acids is 1. The molecule has 122 valence electrons. The highest BCUT2D eigenvalue weighted by molar-refractivity contribution is 6.31. The molecule has 2 aliphatic heterocycles. The van der Waals surface area contributed by atoms with Crippen molar-refractivity contribution >= 4 is 17.5 Å². The summed E-state index contributed by atoms with van der Waals surface area (Å²) in [6.07, 6.45) is 3.21. The lowest BCUT2D eigenvalue weighted by Gasteiger charge is -2.38. The van der Waals surface area contributed by atoms with Crippen molar-refractivity contribution in [1.29, 1.82) is 5.26 Å². The highest BCUT2D eigenvalue weighted by Crippen LogP contribution is 2.32. The summed E-state index contributed by atoms with van der Waals surface area (Å²) in [5.41, 5.74) is 0.257. The highest BCUT2D eigenvalue weighted by atomic mass is 35.5. The monoisotopic (exact) mass is 335 g/mol. The van der Waals surface area contributed by atoms with E-state index in [0.717, 1.165) is 25.8 Å². The second-order valence-corrected chi connectivity index (χ2v) is 6.53. The Morgan fingerprint density at radius 3 is 2.61 bits per heavy atom. The van der Waals surface area contributed by atoms with Gasteiger partial charge >= 0.3 is 0 Å². The minimum absolute atomic E-state index is 0.234. The quantitative estimate of drug-likeness (QED) is 0.852. The summed E-state index contributed by atoms with van der Waals surface area (Å²) in [4.78, 5) is 15.8. The summed E-state index contributed by atoms with van der Waals surface area (Å²) in [7, 11) is 0. The summed E-state index contributed by atoms with van der Waals surface area (Å²) in [5, 5.41) is 9.80. The summed E-state index contributed by atoms with van der Waals surface area (Å²) in [6.45, 7) is 2.17. The number of halogens is 2. The molecule has 0 N–H and O–H groups in total. The van der Waals surface area contributed by atoms with Crippen molar-refractivity contribution in [2.75, 3.05) is 19.6 Å². The number of hydrogen-bond acceptors (Lipinski definition) is 3. The molecule has 1 amide bonds. The Morgan fingerprint density at radius 2 is 2.04 bits per heavy atom. The molecule has 1 unspecified atom stereocenters. The summed E-state index contributed by atoms with van der Waals surface area (Å²) in [6, 6.07) is 6.24. The number of hydrogen-bond donors (Lipinski definition) is 0. The molecule has 0 spiro atoms. The van der Waals surface area contributed by atoms with Gasteiger partial charge in [-0.05, 0) is 31.4 Å². The Balaban J connectivity index is 1.71. The van der Waals surface area contributed by atoms with Gasteiger partial charge in [-0.3, -0.25) is 9.69 Å². The fraction of sp³-hybridized carbons (Fsp3) is 0.529. The van der Waals surface area contributed by atoms with Crippen molar-refractivity contribution in [2.24, 2.45) is 0 Å². The molecule has 1 aromatic carbocycles. The van der Waals surface area contributed by atoms with E-state index in [0.29, 0.717) is 19.5 Å². The minimum atomic E-state index is -0.682. The Labute approximate surface area is 140 Å². The second-order valence-electron chi connectivity index (χ2n) is 6.12. The highest BCUT2D eigenvalue weighted by Gasteiger charge is 2.34. The average Bonchev–Trinajstić information content (AvgIpc) is 2.97. The van der Waals surface area contributed by atoms with E-state index in [9.17, 15) is 14.4 Å². The fourth-order valence-corrected chi connectivity index (χ4v) is 3.88. The zero-order valence-electron chi connectivity index (χ0n) is 12.8. The molecule has 6 heteroatoms. The molecule has 0 aromatic heterocycles. The lowest BCUT2D eigenvalue weighted by atomic mass is 9.98. The van der Waals surface area contributed by atoms with Crippen LogP contribution < -0.4 is 0 Å². The lowest BCUT2D eigenvalue weighted by Crippen LogP contribution is -2.46. The van der Waals surface area contributed by atoms with E-state index in [4.69, 9.17) is 11.6 Å². The topological polar surface area (TPSA) is 47.3 Å². The van der Waals surface area contributed by atoms with E-state index >= 15 is 0 Å². The van der Waals surface area contributed by atoms with Crippen LogP contribution in [0.3, 0.4) is 0 Å². The van der Waals surface area contributed by atoms with Crippen molar-refractivity contribution < 1.29 is 9.18 Å². The van der Waals surface area contributed by atoms with E-state index in [1.54, 1.807) is 12.1 Å². The summed E-state index contributed by atoms with van der Waals surface area (Å²) in [5.74, 6) is -0.210. The van der Waals surface area contributed by atoms with Crippen molar-refractivity contribution in [2.45, 2.75) is 37.8 Å². The van der Waals surface area contributed by atoms with Crippen LogP contribution in [-0.2, 0) is 4.79 Å². The molecular formula is C17H19ClFN3O. The third kappa shape index (κ3) is 3.19. The first-order valence-corrected chi connectivity index (χ1v) is 8.36. The van der Waals surface area contributed by atoms with Crippen molar-refractivity contribution in [1.82, 2.24) is 9.80 Å². The van der Waals surface area contributed by atoms with E-state index in [1.165, 1.54) is 6.07 Å². The number of carbonyl (C=O) groups is 1.